The van der Waals surface area contributed by atoms with Gasteiger partial charge in [-0.3, -0.25) is 0 Å². The zero-order chi connectivity index (χ0) is 16.7. The topological polar surface area (TPSA) is 39.7 Å². The summed E-state index contributed by atoms with van der Waals surface area (Å²) in [6.45, 7) is 1.43. The molecule has 2 aromatic carbocycles. The summed E-state index contributed by atoms with van der Waals surface area (Å²) in [5, 5.41) is 3.09. The summed E-state index contributed by atoms with van der Waals surface area (Å²) in [7, 11) is 3.49. The van der Waals surface area contributed by atoms with Crippen LogP contribution in [0, 0.1) is 5.82 Å². The summed E-state index contributed by atoms with van der Waals surface area (Å²) in [5.74, 6) is 1.61. The molecule has 0 amide bonds. The van der Waals surface area contributed by atoms with Gasteiger partial charge in [0.15, 0.2) is 11.5 Å². The van der Waals surface area contributed by atoms with E-state index < -0.39 is 0 Å². The minimum atomic E-state index is -0.288. The van der Waals surface area contributed by atoms with Crippen LogP contribution in [0.5, 0.6) is 17.2 Å². The molecule has 2 rings (SSSR count). The van der Waals surface area contributed by atoms with E-state index in [9.17, 15) is 4.39 Å². The van der Waals surface area contributed by atoms with Gasteiger partial charge in [0.1, 0.15) is 24.8 Å². The van der Waals surface area contributed by atoms with Crippen LogP contribution < -0.4 is 19.5 Å². The number of ether oxygens (including phenoxy) is 3. The van der Waals surface area contributed by atoms with Crippen molar-refractivity contribution >= 4 is 15.9 Å². The largest absolute Gasteiger partial charge is 0.493 e. The third-order valence-corrected chi connectivity index (χ3v) is 3.67. The maximum Gasteiger partial charge on any atom is 0.175 e. The maximum atomic E-state index is 12.8. The summed E-state index contributed by atoms with van der Waals surface area (Å²) in [6, 6.07) is 9.79. The Balaban J connectivity index is 1.93. The Hall–Kier alpha value is -1.79. The summed E-state index contributed by atoms with van der Waals surface area (Å²) in [6.07, 6.45) is 0. The van der Waals surface area contributed by atoms with E-state index in [-0.39, 0.29) is 5.82 Å². The molecule has 0 saturated carbocycles. The summed E-state index contributed by atoms with van der Waals surface area (Å²) < 4.78 is 30.3. The second kappa shape index (κ2) is 8.74. The number of hydrogen-bond donors (Lipinski definition) is 1. The standard InChI is InChI=1S/C17H19BrFNO3/c1-20-11-12-9-15(18)17(16(10-12)21-2)23-8-7-22-14-5-3-13(19)4-6-14/h3-6,9-10,20H,7-8,11H2,1-2H3. The Labute approximate surface area is 143 Å². The molecular weight excluding hydrogens is 365 g/mol. The number of hydrogen-bond acceptors (Lipinski definition) is 4. The molecule has 124 valence electrons. The molecule has 0 aliphatic rings. The average Bonchev–Trinajstić information content (AvgIpc) is 2.54. The lowest BCUT2D eigenvalue weighted by molar-refractivity contribution is 0.210. The second-order valence-corrected chi connectivity index (χ2v) is 5.64. The Morgan fingerprint density at radius 3 is 2.43 bits per heavy atom. The second-order valence-electron chi connectivity index (χ2n) is 4.79. The van der Waals surface area contributed by atoms with Crippen molar-refractivity contribution in [1.29, 1.82) is 0 Å². The zero-order valence-electron chi connectivity index (χ0n) is 13.1. The van der Waals surface area contributed by atoms with E-state index >= 15 is 0 Å². The predicted molar refractivity (Wildman–Crippen MR) is 90.8 cm³/mol. The van der Waals surface area contributed by atoms with Crippen LogP contribution >= 0.6 is 15.9 Å². The molecule has 0 atom stereocenters. The maximum absolute atomic E-state index is 12.8. The molecule has 0 bridgehead atoms. The number of methoxy groups -OCH3 is 1. The Bertz CT molecular complexity index is 634. The predicted octanol–water partition coefficient (Wildman–Crippen LogP) is 3.77. The average molecular weight is 384 g/mol. The van der Waals surface area contributed by atoms with E-state index in [0.29, 0.717) is 30.5 Å². The molecule has 0 heterocycles. The van der Waals surface area contributed by atoms with Crippen molar-refractivity contribution in [2.75, 3.05) is 27.4 Å². The fourth-order valence-corrected chi connectivity index (χ4v) is 2.66. The fourth-order valence-electron chi connectivity index (χ4n) is 2.05. The molecule has 0 unspecified atom stereocenters. The highest BCUT2D eigenvalue weighted by atomic mass is 79.9. The van der Waals surface area contributed by atoms with Crippen molar-refractivity contribution in [2.45, 2.75) is 6.54 Å². The van der Waals surface area contributed by atoms with Crippen molar-refractivity contribution < 1.29 is 18.6 Å². The van der Waals surface area contributed by atoms with Crippen molar-refractivity contribution in [1.82, 2.24) is 5.32 Å². The molecule has 0 aliphatic heterocycles. The van der Waals surface area contributed by atoms with Gasteiger partial charge in [-0.05, 0) is 64.9 Å². The first kappa shape index (κ1) is 17.6. The van der Waals surface area contributed by atoms with Crippen LogP contribution in [0.2, 0.25) is 0 Å². The van der Waals surface area contributed by atoms with Gasteiger partial charge in [0.05, 0.1) is 11.6 Å². The van der Waals surface area contributed by atoms with Crippen molar-refractivity contribution in [2.24, 2.45) is 0 Å². The van der Waals surface area contributed by atoms with Gasteiger partial charge in [0.25, 0.3) is 0 Å². The summed E-state index contributed by atoms with van der Waals surface area (Å²) in [5.41, 5.74) is 1.09. The van der Waals surface area contributed by atoms with Gasteiger partial charge in [-0.25, -0.2) is 4.39 Å². The van der Waals surface area contributed by atoms with Crippen LogP contribution in [0.3, 0.4) is 0 Å². The van der Waals surface area contributed by atoms with Gasteiger partial charge in [-0.15, -0.1) is 0 Å². The van der Waals surface area contributed by atoms with E-state index in [1.54, 1.807) is 19.2 Å². The summed E-state index contributed by atoms with van der Waals surface area (Å²) >= 11 is 3.50. The van der Waals surface area contributed by atoms with Crippen LogP contribution in [0.15, 0.2) is 40.9 Å². The van der Waals surface area contributed by atoms with Crippen LogP contribution in [-0.4, -0.2) is 27.4 Å². The number of rotatable bonds is 8. The van der Waals surface area contributed by atoms with Crippen molar-refractivity contribution in [3.8, 4) is 17.2 Å². The third-order valence-electron chi connectivity index (χ3n) is 3.08. The number of nitrogens with one attached hydrogen (secondary N) is 1. The third kappa shape index (κ3) is 5.11. The monoisotopic (exact) mass is 383 g/mol. The lowest BCUT2D eigenvalue weighted by atomic mass is 10.2. The highest BCUT2D eigenvalue weighted by molar-refractivity contribution is 9.10. The normalized spacial score (nSPS) is 10.4. The van der Waals surface area contributed by atoms with Gasteiger partial charge in [-0.1, -0.05) is 0 Å². The quantitative estimate of drug-likeness (QED) is 0.704. The molecule has 6 heteroatoms. The molecule has 0 aromatic heterocycles. The van der Waals surface area contributed by atoms with Gasteiger partial charge < -0.3 is 19.5 Å². The Morgan fingerprint density at radius 1 is 1.09 bits per heavy atom. The van der Waals surface area contributed by atoms with Crippen LogP contribution in [0.4, 0.5) is 4.39 Å². The van der Waals surface area contributed by atoms with Gasteiger partial charge in [0, 0.05) is 6.54 Å². The Morgan fingerprint density at radius 2 is 1.78 bits per heavy atom. The van der Waals surface area contributed by atoms with E-state index in [1.165, 1.54) is 12.1 Å². The van der Waals surface area contributed by atoms with E-state index in [1.807, 2.05) is 19.2 Å². The molecule has 0 saturated heterocycles. The first-order chi connectivity index (χ1) is 11.1. The molecule has 0 aliphatic carbocycles. The van der Waals surface area contributed by atoms with Gasteiger partial charge in [-0.2, -0.15) is 0 Å². The van der Waals surface area contributed by atoms with Gasteiger partial charge >= 0.3 is 0 Å². The van der Waals surface area contributed by atoms with Crippen LogP contribution in [0.1, 0.15) is 5.56 Å². The molecule has 1 N–H and O–H groups in total. The summed E-state index contributed by atoms with van der Waals surface area (Å²) in [4.78, 5) is 0. The molecule has 4 nitrogen and oxygen atoms in total. The Kier molecular flexibility index (Phi) is 6.67. The van der Waals surface area contributed by atoms with E-state index in [0.717, 1.165) is 16.6 Å². The van der Waals surface area contributed by atoms with E-state index in [4.69, 9.17) is 14.2 Å². The lowest BCUT2D eigenvalue weighted by Crippen LogP contribution is -2.11. The van der Waals surface area contributed by atoms with Gasteiger partial charge in [0.2, 0.25) is 0 Å². The highest BCUT2D eigenvalue weighted by Crippen LogP contribution is 2.36. The minimum Gasteiger partial charge on any atom is -0.493 e. The molecule has 23 heavy (non-hydrogen) atoms. The molecule has 0 radical (unpaired) electrons. The molecular formula is C17H19BrFNO3. The zero-order valence-corrected chi connectivity index (χ0v) is 14.7. The number of benzene rings is 2. The first-order valence-electron chi connectivity index (χ1n) is 7.16. The van der Waals surface area contributed by atoms with Crippen molar-refractivity contribution in [3.63, 3.8) is 0 Å². The van der Waals surface area contributed by atoms with Crippen molar-refractivity contribution in [3.05, 3.63) is 52.3 Å². The fraction of sp³-hybridized carbons (Fsp3) is 0.294. The molecule has 0 fully saturated rings. The minimum absolute atomic E-state index is 0.288. The smallest absolute Gasteiger partial charge is 0.175 e. The number of halogens is 2. The lowest BCUT2D eigenvalue weighted by Gasteiger charge is -2.14. The van der Waals surface area contributed by atoms with E-state index in [2.05, 4.69) is 21.2 Å². The van der Waals surface area contributed by atoms with Crippen LogP contribution in [-0.2, 0) is 6.54 Å². The highest BCUT2D eigenvalue weighted by Gasteiger charge is 2.11. The SMILES string of the molecule is CNCc1cc(Br)c(OCCOc2ccc(F)cc2)c(OC)c1. The first-order valence-corrected chi connectivity index (χ1v) is 7.95. The molecule has 2 aromatic rings. The molecule has 0 spiro atoms. The van der Waals surface area contributed by atoms with Crippen LogP contribution in [0.25, 0.3) is 0 Å².